The number of nitrogens with one attached hydrogen (secondary N) is 1. The maximum absolute atomic E-state index is 12.5. The first-order valence-electron chi connectivity index (χ1n) is 8.69. The van der Waals surface area contributed by atoms with Crippen LogP contribution < -0.4 is 11.1 Å². The number of amides is 3. The quantitative estimate of drug-likeness (QED) is 0.781. The standard InChI is InChI=1S/C20H20BrN3O3/c21-16-5-1-15(2-6-16)20(27)24-11-9-14(10-12-24)19(26)23-17-7-3-13(4-8-17)18(22)25/h1-8,14H,9-12H2,(H2,22,25)(H,23,26). The predicted octanol–water partition coefficient (Wildman–Crippen LogP) is 3.04. The minimum atomic E-state index is -0.504. The zero-order valence-electron chi connectivity index (χ0n) is 14.7. The van der Waals surface area contributed by atoms with E-state index in [4.69, 9.17) is 5.73 Å². The van der Waals surface area contributed by atoms with E-state index in [0.717, 1.165) is 4.47 Å². The lowest BCUT2D eigenvalue weighted by atomic mass is 9.95. The van der Waals surface area contributed by atoms with E-state index in [1.54, 1.807) is 41.3 Å². The molecule has 0 atom stereocenters. The lowest BCUT2D eigenvalue weighted by Crippen LogP contribution is -2.41. The summed E-state index contributed by atoms with van der Waals surface area (Å²) in [5.74, 6) is -0.730. The van der Waals surface area contributed by atoms with Gasteiger partial charge in [0.05, 0.1) is 0 Å². The summed E-state index contributed by atoms with van der Waals surface area (Å²) in [6, 6.07) is 13.7. The van der Waals surface area contributed by atoms with Gasteiger partial charge in [0.2, 0.25) is 11.8 Å². The first-order chi connectivity index (χ1) is 12.9. The third-order valence-corrected chi connectivity index (χ3v) is 5.21. The normalized spacial score (nSPS) is 14.6. The van der Waals surface area contributed by atoms with E-state index in [9.17, 15) is 14.4 Å². The summed E-state index contributed by atoms with van der Waals surface area (Å²) in [5.41, 5.74) is 6.88. The number of piperidine rings is 1. The molecule has 1 fully saturated rings. The minimum absolute atomic E-state index is 0.0107. The second-order valence-corrected chi connectivity index (χ2v) is 7.42. The molecule has 0 unspecified atom stereocenters. The summed E-state index contributed by atoms with van der Waals surface area (Å²) < 4.78 is 0.929. The molecule has 1 aliphatic heterocycles. The smallest absolute Gasteiger partial charge is 0.253 e. The van der Waals surface area contributed by atoms with E-state index in [0.29, 0.717) is 42.7 Å². The van der Waals surface area contributed by atoms with Gasteiger partial charge in [0.1, 0.15) is 0 Å². The molecule has 3 rings (SSSR count). The Kier molecular flexibility index (Phi) is 5.91. The van der Waals surface area contributed by atoms with Crippen molar-refractivity contribution in [3.63, 3.8) is 0 Å². The molecule has 0 radical (unpaired) electrons. The molecule has 1 heterocycles. The van der Waals surface area contributed by atoms with E-state index in [-0.39, 0.29) is 17.7 Å². The maximum atomic E-state index is 12.5. The molecule has 1 saturated heterocycles. The van der Waals surface area contributed by atoms with Crippen LogP contribution in [-0.4, -0.2) is 35.7 Å². The van der Waals surface area contributed by atoms with Gasteiger partial charge in [-0.2, -0.15) is 0 Å². The largest absolute Gasteiger partial charge is 0.366 e. The van der Waals surface area contributed by atoms with Gasteiger partial charge in [0.25, 0.3) is 5.91 Å². The van der Waals surface area contributed by atoms with Crippen LogP contribution in [0.3, 0.4) is 0 Å². The molecule has 7 heteroatoms. The molecule has 0 aliphatic carbocycles. The van der Waals surface area contributed by atoms with Crippen LogP contribution in [0.5, 0.6) is 0 Å². The molecule has 6 nitrogen and oxygen atoms in total. The number of carbonyl (C=O) groups is 3. The van der Waals surface area contributed by atoms with Gasteiger partial charge in [-0.25, -0.2) is 0 Å². The van der Waals surface area contributed by atoms with Crippen LogP contribution in [0, 0.1) is 5.92 Å². The molecule has 140 valence electrons. The van der Waals surface area contributed by atoms with E-state index in [1.807, 2.05) is 12.1 Å². The van der Waals surface area contributed by atoms with Crippen LogP contribution in [-0.2, 0) is 4.79 Å². The molecule has 27 heavy (non-hydrogen) atoms. The Balaban J connectivity index is 1.53. The molecule has 2 aromatic carbocycles. The van der Waals surface area contributed by atoms with Gasteiger partial charge < -0.3 is 16.0 Å². The highest BCUT2D eigenvalue weighted by atomic mass is 79.9. The van der Waals surface area contributed by atoms with Crippen LogP contribution in [0.1, 0.15) is 33.6 Å². The molecule has 0 aromatic heterocycles. The predicted molar refractivity (Wildman–Crippen MR) is 106 cm³/mol. The van der Waals surface area contributed by atoms with Crippen molar-refractivity contribution in [3.8, 4) is 0 Å². The van der Waals surface area contributed by atoms with Gasteiger partial charge in [-0.3, -0.25) is 14.4 Å². The summed E-state index contributed by atoms with van der Waals surface area (Å²) in [5, 5.41) is 2.86. The summed E-state index contributed by atoms with van der Waals surface area (Å²) in [6.45, 7) is 1.10. The number of rotatable bonds is 4. The summed E-state index contributed by atoms with van der Waals surface area (Å²) in [6.07, 6.45) is 1.24. The molecular formula is C20H20BrN3O3. The molecule has 3 amide bonds. The minimum Gasteiger partial charge on any atom is -0.366 e. The van der Waals surface area contributed by atoms with E-state index in [1.165, 1.54) is 0 Å². The van der Waals surface area contributed by atoms with Gasteiger partial charge in [-0.1, -0.05) is 15.9 Å². The van der Waals surface area contributed by atoms with Crippen molar-refractivity contribution in [1.82, 2.24) is 4.90 Å². The number of hydrogen-bond donors (Lipinski definition) is 2. The van der Waals surface area contributed by atoms with Gasteiger partial charge >= 0.3 is 0 Å². The second-order valence-electron chi connectivity index (χ2n) is 6.50. The number of nitrogens with zero attached hydrogens (tertiary/aromatic N) is 1. The van der Waals surface area contributed by atoms with Gasteiger partial charge in [0.15, 0.2) is 0 Å². The number of benzene rings is 2. The summed E-state index contributed by atoms with van der Waals surface area (Å²) in [7, 11) is 0. The van der Waals surface area contributed by atoms with Gasteiger partial charge in [0, 0.05) is 40.3 Å². The van der Waals surface area contributed by atoms with Crippen LogP contribution >= 0.6 is 15.9 Å². The van der Waals surface area contributed by atoms with E-state index < -0.39 is 5.91 Å². The Labute approximate surface area is 165 Å². The molecule has 2 aromatic rings. The van der Waals surface area contributed by atoms with Crippen molar-refractivity contribution in [3.05, 3.63) is 64.1 Å². The molecule has 3 N–H and O–H groups in total. The number of nitrogens with two attached hydrogens (primary N) is 1. The van der Waals surface area contributed by atoms with E-state index >= 15 is 0 Å². The Morgan fingerprint density at radius 3 is 2.04 bits per heavy atom. The topological polar surface area (TPSA) is 92.5 Å². The van der Waals surface area contributed by atoms with Crippen molar-refractivity contribution in [1.29, 1.82) is 0 Å². The van der Waals surface area contributed by atoms with Crippen LogP contribution in [0.2, 0.25) is 0 Å². The monoisotopic (exact) mass is 429 g/mol. The van der Waals surface area contributed by atoms with Crippen molar-refractivity contribution in [2.75, 3.05) is 18.4 Å². The Hall–Kier alpha value is -2.67. The van der Waals surface area contributed by atoms with Crippen LogP contribution in [0.25, 0.3) is 0 Å². The maximum Gasteiger partial charge on any atom is 0.253 e. The SMILES string of the molecule is NC(=O)c1ccc(NC(=O)C2CCN(C(=O)c3ccc(Br)cc3)CC2)cc1. The van der Waals surface area contributed by atoms with E-state index in [2.05, 4.69) is 21.2 Å². The fourth-order valence-corrected chi connectivity index (χ4v) is 3.35. The van der Waals surface area contributed by atoms with Crippen molar-refractivity contribution >= 4 is 39.3 Å². The Bertz CT molecular complexity index is 842. The Morgan fingerprint density at radius 2 is 1.48 bits per heavy atom. The highest BCUT2D eigenvalue weighted by molar-refractivity contribution is 9.10. The lowest BCUT2D eigenvalue weighted by molar-refractivity contribution is -0.121. The van der Waals surface area contributed by atoms with Gasteiger partial charge in [-0.05, 0) is 61.4 Å². The van der Waals surface area contributed by atoms with Crippen molar-refractivity contribution < 1.29 is 14.4 Å². The molecule has 0 saturated carbocycles. The number of carbonyl (C=O) groups excluding carboxylic acids is 3. The zero-order chi connectivity index (χ0) is 19.4. The van der Waals surface area contributed by atoms with Crippen molar-refractivity contribution in [2.24, 2.45) is 11.7 Å². The molecule has 0 bridgehead atoms. The number of anilines is 1. The molecule has 1 aliphatic rings. The third-order valence-electron chi connectivity index (χ3n) is 4.68. The number of likely N-dealkylation sites (tertiary alicyclic amines) is 1. The molecular weight excluding hydrogens is 410 g/mol. The molecule has 0 spiro atoms. The zero-order valence-corrected chi connectivity index (χ0v) is 16.2. The second kappa shape index (κ2) is 8.35. The van der Waals surface area contributed by atoms with Gasteiger partial charge in [-0.15, -0.1) is 0 Å². The van der Waals surface area contributed by atoms with Crippen molar-refractivity contribution in [2.45, 2.75) is 12.8 Å². The van der Waals surface area contributed by atoms with Crippen LogP contribution in [0.4, 0.5) is 5.69 Å². The fourth-order valence-electron chi connectivity index (χ4n) is 3.08. The highest BCUT2D eigenvalue weighted by Gasteiger charge is 2.27. The fraction of sp³-hybridized carbons (Fsp3) is 0.250. The number of hydrogen-bond acceptors (Lipinski definition) is 3. The third kappa shape index (κ3) is 4.74. The summed E-state index contributed by atoms with van der Waals surface area (Å²) in [4.78, 5) is 37.9. The first kappa shape index (κ1) is 19.1. The van der Waals surface area contributed by atoms with Crippen LogP contribution in [0.15, 0.2) is 53.0 Å². The first-order valence-corrected chi connectivity index (χ1v) is 9.49. The lowest BCUT2D eigenvalue weighted by Gasteiger charge is -2.31. The average Bonchev–Trinajstić information content (AvgIpc) is 2.68. The number of primary amides is 1. The Morgan fingerprint density at radius 1 is 0.926 bits per heavy atom. The highest BCUT2D eigenvalue weighted by Crippen LogP contribution is 2.22. The number of halogens is 1. The summed E-state index contributed by atoms with van der Waals surface area (Å²) >= 11 is 3.36. The average molecular weight is 430 g/mol.